The van der Waals surface area contributed by atoms with Gasteiger partial charge in [0.2, 0.25) is 0 Å². The average molecular weight is 198 g/mol. The Hall–Kier alpha value is -0.120. The van der Waals surface area contributed by atoms with Crippen LogP contribution in [0.5, 0.6) is 0 Å². The zero-order valence-corrected chi connectivity index (χ0v) is 9.36. The molecule has 2 heterocycles. The summed E-state index contributed by atoms with van der Waals surface area (Å²) in [5.41, 5.74) is 0.394. The Balaban J connectivity index is 2.04. The molecule has 2 N–H and O–H groups in total. The van der Waals surface area contributed by atoms with Gasteiger partial charge in [0.15, 0.2) is 0 Å². The Morgan fingerprint density at radius 3 is 2.86 bits per heavy atom. The van der Waals surface area contributed by atoms with Crippen molar-refractivity contribution in [3.63, 3.8) is 0 Å². The average Bonchev–Trinajstić information content (AvgIpc) is 2.19. The summed E-state index contributed by atoms with van der Waals surface area (Å²) in [6.45, 7) is 8.66. The maximum absolute atomic E-state index is 5.87. The lowest BCUT2D eigenvalue weighted by atomic mass is 9.78. The van der Waals surface area contributed by atoms with E-state index in [1.54, 1.807) is 0 Å². The molecule has 2 aliphatic rings. The first-order valence-electron chi connectivity index (χ1n) is 5.78. The molecule has 0 aromatic carbocycles. The highest BCUT2D eigenvalue weighted by Gasteiger charge is 2.42. The van der Waals surface area contributed by atoms with Gasteiger partial charge in [0.05, 0.1) is 5.60 Å². The highest BCUT2D eigenvalue weighted by Crippen LogP contribution is 2.34. The summed E-state index contributed by atoms with van der Waals surface area (Å²) in [6.07, 6.45) is 3.40. The van der Waals surface area contributed by atoms with E-state index in [-0.39, 0.29) is 5.60 Å². The van der Waals surface area contributed by atoms with Crippen LogP contribution in [0.4, 0.5) is 0 Å². The molecule has 2 rings (SSSR count). The molecule has 2 aliphatic heterocycles. The molecule has 0 saturated carbocycles. The SMILES string of the molecule is CC[C@]1(C)C[C@@]2(CCO1)CNCCN2. The minimum absolute atomic E-state index is 0.0876. The van der Waals surface area contributed by atoms with E-state index < -0.39 is 0 Å². The molecule has 2 saturated heterocycles. The minimum Gasteiger partial charge on any atom is -0.375 e. The number of hydrogen-bond donors (Lipinski definition) is 2. The van der Waals surface area contributed by atoms with Gasteiger partial charge in [-0.3, -0.25) is 0 Å². The smallest absolute Gasteiger partial charge is 0.0670 e. The van der Waals surface area contributed by atoms with E-state index in [0.717, 1.165) is 45.5 Å². The van der Waals surface area contributed by atoms with Gasteiger partial charge in [-0.05, 0) is 26.2 Å². The standard InChI is InChI=1S/C11H22N2O/c1-3-10(2)8-11(4-7-14-10)9-12-5-6-13-11/h12-13H,3-9H2,1-2H3/t10-,11+/m1/s1. The molecule has 3 nitrogen and oxygen atoms in total. The maximum atomic E-state index is 5.87. The fraction of sp³-hybridized carbons (Fsp3) is 1.00. The molecular weight excluding hydrogens is 176 g/mol. The monoisotopic (exact) mass is 198 g/mol. The molecule has 0 aromatic rings. The predicted octanol–water partition coefficient (Wildman–Crippen LogP) is 0.897. The lowest BCUT2D eigenvalue weighted by Gasteiger charge is -2.48. The molecule has 2 atom stereocenters. The van der Waals surface area contributed by atoms with E-state index in [1.165, 1.54) is 0 Å². The van der Waals surface area contributed by atoms with Crippen molar-refractivity contribution in [2.45, 2.75) is 44.2 Å². The van der Waals surface area contributed by atoms with Crippen molar-refractivity contribution in [1.82, 2.24) is 10.6 Å². The first-order valence-corrected chi connectivity index (χ1v) is 5.78. The number of ether oxygens (including phenoxy) is 1. The van der Waals surface area contributed by atoms with Crippen LogP contribution < -0.4 is 10.6 Å². The topological polar surface area (TPSA) is 33.3 Å². The second-order valence-electron chi connectivity index (χ2n) is 4.96. The third-order valence-corrected chi connectivity index (χ3v) is 3.76. The Bertz CT molecular complexity index is 196. The zero-order valence-electron chi connectivity index (χ0n) is 9.36. The van der Waals surface area contributed by atoms with Crippen molar-refractivity contribution in [2.75, 3.05) is 26.2 Å². The molecule has 82 valence electrons. The molecule has 0 aromatic heterocycles. The van der Waals surface area contributed by atoms with Gasteiger partial charge in [-0.25, -0.2) is 0 Å². The summed E-state index contributed by atoms with van der Waals surface area (Å²) < 4.78 is 5.87. The molecule has 14 heavy (non-hydrogen) atoms. The van der Waals surface area contributed by atoms with Crippen LogP contribution in [0.25, 0.3) is 0 Å². The van der Waals surface area contributed by atoms with Gasteiger partial charge in [0, 0.05) is 31.8 Å². The van der Waals surface area contributed by atoms with Gasteiger partial charge in [-0.1, -0.05) is 6.92 Å². The van der Waals surface area contributed by atoms with Crippen LogP contribution >= 0.6 is 0 Å². The Morgan fingerprint density at radius 1 is 1.36 bits per heavy atom. The number of piperazine rings is 1. The van der Waals surface area contributed by atoms with Crippen LogP contribution in [-0.4, -0.2) is 37.4 Å². The minimum atomic E-state index is 0.0876. The first-order chi connectivity index (χ1) is 6.68. The summed E-state index contributed by atoms with van der Waals surface area (Å²) in [7, 11) is 0. The summed E-state index contributed by atoms with van der Waals surface area (Å²) >= 11 is 0. The lowest BCUT2D eigenvalue weighted by Crippen LogP contribution is -2.64. The highest BCUT2D eigenvalue weighted by atomic mass is 16.5. The zero-order chi connectivity index (χ0) is 10.1. The maximum Gasteiger partial charge on any atom is 0.0670 e. The van der Waals surface area contributed by atoms with Crippen LogP contribution in [-0.2, 0) is 4.74 Å². The summed E-state index contributed by atoms with van der Waals surface area (Å²) in [5, 5.41) is 7.17. The van der Waals surface area contributed by atoms with Crippen molar-refractivity contribution in [2.24, 2.45) is 0 Å². The molecule has 2 fully saturated rings. The van der Waals surface area contributed by atoms with E-state index in [0.29, 0.717) is 5.54 Å². The van der Waals surface area contributed by atoms with Crippen molar-refractivity contribution in [3.8, 4) is 0 Å². The first kappa shape index (κ1) is 10.4. The molecule has 0 aliphatic carbocycles. The van der Waals surface area contributed by atoms with E-state index in [9.17, 15) is 0 Å². The second-order valence-corrected chi connectivity index (χ2v) is 4.96. The quantitative estimate of drug-likeness (QED) is 0.657. The fourth-order valence-electron chi connectivity index (χ4n) is 2.68. The van der Waals surface area contributed by atoms with E-state index >= 15 is 0 Å². The van der Waals surface area contributed by atoms with Gasteiger partial charge < -0.3 is 15.4 Å². The fourth-order valence-corrected chi connectivity index (χ4v) is 2.68. The molecule has 0 unspecified atom stereocenters. The van der Waals surface area contributed by atoms with Crippen molar-refractivity contribution >= 4 is 0 Å². The molecule has 1 spiro atoms. The molecule has 0 bridgehead atoms. The van der Waals surface area contributed by atoms with Gasteiger partial charge in [0.25, 0.3) is 0 Å². The van der Waals surface area contributed by atoms with E-state index in [2.05, 4.69) is 24.5 Å². The van der Waals surface area contributed by atoms with Crippen molar-refractivity contribution in [1.29, 1.82) is 0 Å². The molecular formula is C11H22N2O. The Labute approximate surface area is 86.6 Å². The molecule has 0 radical (unpaired) electrons. The molecule has 0 amide bonds. The number of nitrogens with one attached hydrogen (secondary N) is 2. The van der Waals surface area contributed by atoms with Crippen LogP contribution in [0.3, 0.4) is 0 Å². The largest absolute Gasteiger partial charge is 0.375 e. The lowest BCUT2D eigenvalue weighted by molar-refractivity contribution is -0.103. The summed E-state index contributed by atoms with van der Waals surface area (Å²) in [5.74, 6) is 0. The highest BCUT2D eigenvalue weighted by molar-refractivity contribution is 5.01. The third kappa shape index (κ3) is 1.95. The normalized spacial score (nSPS) is 44.1. The van der Waals surface area contributed by atoms with Gasteiger partial charge in [-0.15, -0.1) is 0 Å². The van der Waals surface area contributed by atoms with Crippen LogP contribution in [0, 0.1) is 0 Å². The van der Waals surface area contributed by atoms with Gasteiger partial charge >= 0.3 is 0 Å². The Morgan fingerprint density at radius 2 is 2.21 bits per heavy atom. The van der Waals surface area contributed by atoms with Crippen LogP contribution in [0.15, 0.2) is 0 Å². The summed E-state index contributed by atoms with van der Waals surface area (Å²) in [6, 6.07) is 0. The van der Waals surface area contributed by atoms with Gasteiger partial charge in [0.1, 0.15) is 0 Å². The van der Waals surface area contributed by atoms with Gasteiger partial charge in [-0.2, -0.15) is 0 Å². The van der Waals surface area contributed by atoms with E-state index in [4.69, 9.17) is 4.74 Å². The van der Waals surface area contributed by atoms with Crippen LogP contribution in [0.2, 0.25) is 0 Å². The van der Waals surface area contributed by atoms with Crippen LogP contribution in [0.1, 0.15) is 33.1 Å². The number of hydrogen-bond acceptors (Lipinski definition) is 3. The van der Waals surface area contributed by atoms with Crippen molar-refractivity contribution < 1.29 is 4.74 Å². The number of rotatable bonds is 1. The third-order valence-electron chi connectivity index (χ3n) is 3.76. The Kier molecular flexibility index (Phi) is 2.82. The predicted molar refractivity (Wildman–Crippen MR) is 57.5 cm³/mol. The van der Waals surface area contributed by atoms with E-state index in [1.807, 2.05) is 0 Å². The summed E-state index contributed by atoms with van der Waals surface area (Å²) in [4.78, 5) is 0. The molecule has 3 heteroatoms. The second kappa shape index (κ2) is 3.80. The van der Waals surface area contributed by atoms with Crippen molar-refractivity contribution in [3.05, 3.63) is 0 Å².